The van der Waals surface area contributed by atoms with E-state index in [0.717, 1.165) is 0 Å². The average Bonchev–Trinajstić information content (AvgIpc) is 2.89. The van der Waals surface area contributed by atoms with E-state index in [9.17, 15) is 9.59 Å². The molecule has 0 aromatic heterocycles. The molecule has 2 atom stereocenters. The van der Waals surface area contributed by atoms with E-state index in [2.05, 4.69) is 5.32 Å². The standard InChI is InChI=1S/C10H17NO4.C2H2O4/c1-3-14-9(12)7-5-6-8(11-7)10(13)15-4-2;3-1(4)2(5)6/h7-8,11H,3-6H2,1-2H3;(H,3,4)(H,5,6). The number of hydrogen-bond acceptors (Lipinski definition) is 7. The number of ether oxygens (including phenoxy) is 2. The van der Waals surface area contributed by atoms with E-state index < -0.39 is 11.9 Å². The zero-order valence-corrected chi connectivity index (χ0v) is 11.8. The Morgan fingerprint density at radius 1 is 0.905 bits per heavy atom. The predicted octanol–water partition coefficient (Wildman–Crippen LogP) is -0.611. The fraction of sp³-hybridized carbons (Fsp3) is 0.667. The predicted molar refractivity (Wildman–Crippen MR) is 68.5 cm³/mol. The Balaban J connectivity index is 0.000000567. The van der Waals surface area contributed by atoms with Crippen molar-refractivity contribution in [2.24, 2.45) is 0 Å². The zero-order valence-electron chi connectivity index (χ0n) is 11.8. The van der Waals surface area contributed by atoms with Gasteiger partial charge in [0.1, 0.15) is 12.1 Å². The van der Waals surface area contributed by atoms with Gasteiger partial charge in [0, 0.05) is 0 Å². The summed E-state index contributed by atoms with van der Waals surface area (Å²) in [7, 11) is 0. The largest absolute Gasteiger partial charge is 0.473 e. The first-order valence-corrected chi connectivity index (χ1v) is 6.38. The number of rotatable bonds is 4. The Morgan fingerprint density at radius 2 is 1.24 bits per heavy atom. The number of carbonyl (C=O) groups excluding carboxylic acids is 2. The van der Waals surface area contributed by atoms with Crippen LogP contribution in [-0.2, 0) is 28.7 Å². The van der Waals surface area contributed by atoms with Gasteiger partial charge in [-0.05, 0) is 26.7 Å². The zero-order chi connectivity index (χ0) is 16.4. The van der Waals surface area contributed by atoms with Crippen LogP contribution in [0.5, 0.6) is 0 Å². The van der Waals surface area contributed by atoms with Crippen molar-refractivity contribution in [3.8, 4) is 0 Å². The van der Waals surface area contributed by atoms with Crippen molar-refractivity contribution in [3.63, 3.8) is 0 Å². The minimum atomic E-state index is -1.82. The molecule has 2 unspecified atom stereocenters. The normalized spacial score (nSPS) is 19.9. The van der Waals surface area contributed by atoms with E-state index in [1.165, 1.54) is 0 Å². The topological polar surface area (TPSA) is 139 Å². The Labute approximate surface area is 121 Å². The van der Waals surface area contributed by atoms with E-state index in [1.54, 1.807) is 13.8 Å². The molecule has 1 heterocycles. The van der Waals surface area contributed by atoms with Gasteiger partial charge in [-0.25, -0.2) is 9.59 Å². The van der Waals surface area contributed by atoms with Crippen molar-refractivity contribution in [1.29, 1.82) is 0 Å². The second-order valence-electron chi connectivity index (χ2n) is 3.96. The van der Waals surface area contributed by atoms with Crippen LogP contribution in [-0.4, -0.2) is 59.4 Å². The van der Waals surface area contributed by atoms with Crippen LogP contribution in [0.1, 0.15) is 26.7 Å². The van der Waals surface area contributed by atoms with E-state index >= 15 is 0 Å². The minimum absolute atomic E-state index is 0.288. The summed E-state index contributed by atoms with van der Waals surface area (Å²) < 4.78 is 9.72. The SMILES string of the molecule is CCOC(=O)C1CCC(C(=O)OCC)N1.O=C(O)C(=O)O. The van der Waals surface area contributed by atoms with Crippen molar-refractivity contribution >= 4 is 23.9 Å². The third kappa shape index (κ3) is 7.25. The quantitative estimate of drug-likeness (QED) is 0.458. The molecule has 1 saturated heterocycles. The van der Waals surface area contributed by atoms with Crippen LogP contribution >= 0.6 is 0 Å². The number of nitrogens with one attached hydrogen (secondary N) is 1. The summed E-state index contributed by atoms with van der Waals surface area (Å²) in [6.07, 6.45) is 1.25. The summed E-state index contributed by atoms with van der Waals surface area (Å²) in [6, 6.07) is -0.723. The molecule has 0 saturated carbocycles. The molecule has 1 rings (SSSR count). The highest BCUT2D eigenvalue weighted by molar-refractivity contribution is 6.27. The lowest BCUT2D eigenvalue weighted by Crippen LogP contribution is -2.41. The van der Waals surface area contributed by atoms with E-state index in [4.69, 9.17) is 29.3 Å². The van der Waals surface area contributed by atoms with Gasteiger partial charge in [0.2, 0.25) is 0 Å². The lowest BCUT2D eigenvalue weighted by Gasteiger charge is -2.12. The van der Waals surface area contributed by atoms with Crippen molar-refractivity contribution in [1.82, 2.24) is 5.32 Å². The van der Waals surface area contributed by atoms with Crippen LogP contribution in [0.3, 0.4) is 0 Å². The fourth-order valence-corrected chi connectivity index (χ4v) is 1.60. The number of carboxylic acid groups (broad SMARTS) is 2. The number of esters is 2. The van der Waals surface area contributed by atoms with Gasteiger partial charge in [0.25, 0.3) is 0 Å². The van der Waals surface area contributed by atoms with Crippen LogP contribution in [0, 0.1) is 0 Å². The van der Waals surface area contributed by atoms with E-state index in [1.807, 2.05) is 0 Å². The second-order valence-corrected chi connectivity index (χ2v) is 3.96. The van der Waals surface area contributed by atoms with Gasteiger partial charge in [-0.15, -0.1) is 0 Å². The third-order valence-corrected chi connectivity index (χ3v) is 2.47. The molecule has 0 amide bonds. The van der Waals surface area contributed by atoms with Gasteiger partial charge in [-0.3, -0.25) is 14.9 Å². The molecule has 3 N–H and O–H groups in total. The number of hydrogen-bond donors (Lipinski definition) is 3. The lowest BCUT2D eigenvalue weighted by molar-refractivity contribution is -0.159. The fourth-order valence-electron chi connectivity index (χ4n) is 1.60. The van der Waals surface area contributed by atoms with Gasteiger partial charge in [-0.1, -0.05) is 0 Å². The summed E-state index contributed by atoms with van der Waals surface area (Å²) in [6.45, 7) is 4.24. The highest BCUT2D eigenvalue weighted by Crippen LogP contribution is 2.14. The van der Waals surface area contributed by atoms with Crippen LogP contribution in [0.25, 0.3) is 0 Å². The molecular weight excluding hydrogens is 286 g/mol. The van der Waals surface area contributed by atoms with Crippen molar-refractivity contribution < 1.29 is 38.9 Å². The van der Waals surface area contributed by atoms with Crippen molar-refractivity contribution in [2.45, 2.75) is 38.8 Å². The lowest BCUT2D eigenvalue weighted by atomic mass is 10.2. The van der Waals surface area contributed by atoms with Gasteiger partial charge >= 0.3 is 23.9 Å². The maximum atomic E-state index is 11.3. The highest BCUT2D eigenvalue weighted by atomic mass is 16.5. The van der Waals surface area contributed by atoms with E-state index in [-0.39, 0.29) is 24.0 Å². The Hall–Kier alpha value is -2.16. The molecule has 120 valence electrons. The minimum Gasteiger partial charge on any atom is -0.473 e. The van der Waals surface area contributed by atoms with Gasteiger partial charge in [0.05, 0.1) is 13.2 Å². The maximum absolute atomic E-state index is 11.3. The van der Waals surface area contributed by atoms with Gasteiger partial charge in [0.15, 0.2) is 0 Å². The Bertz CT molecular complexity index is 359. The Morgan fingerprint density at radius 3 is 1.48 bits per heavy atom. The van der Waals surface area contributed by atoms with Crippen LogP contribution in [0.2, 0.25) is 0 Å². The van der Waals surface area contributed by atoms with Crippen LogP contribution in [0.15, 0.2) is 0 Å². The molecule has 21 heavy (non-hydrogen) atoms. The summed E-state index contributed by atoms with van der Waals surface area (Å²) >= 11 is 0. The van der Waals surface area contributed by atoms with Crippen LogP contribution < -0.4 is 5.32 Å². The number of carboxylic acids is 2. The molecule has 0 aromatic rings. The summed E-state index contributed by atoms with van der Waals surface area (Å²) in [5, 5.41) is 17.7. The van der Waals surface area contributed by atoms with Gasteiger partial charge in [-0.2, -0.15) is 0 Å². The number of carbonyl (C=O) groups is 4. The summed E-state index contributed by atoms with van der Waals surface area (Å²) in [5.41, 5.74) is 0. The molecule has 0 bridgehead atoms. The summed E-state index contributed by atoms with van der Waals surface area (Å²) in [5.74, 6) is -4.22. The molecule has 1 aliphatic heterocycles. The molecule has 1 aliphatic rings. The molecule has 0 aromatic carbocycles. The average molecular weight is 305 g/mol. The summed E-state index contributed by atoms with van der Waals surface area (Å²) in [4.78, 5) is 40.9. The van der Waals surface area contributed by atoms with E-state index in [0.29, 0.717) is 26.1 Å². The first-order chi connectivity index (χ1) is 9.83. The molecule has 9 nitrogen and oxygen atoms in total. The first-order valence-electron chi connectivity index (χ1n) is 6.38. The number of aliphatic carboxylic acids is 2. The second kappa shape index (κ2) is 9.70. The van der Waals surface area contributed by atoms with Crippen molar-refractivity contribution in [2.75, 3.05) is 13.2 Å². The molecule has 9 heteroatoms. The first kappa shape index (κ1) is 18.8. The molecule has 0 aliphatic carbocycles. The highest BCUT2D eigenvalue weighted by Gasteiger charge is 2.34. The van der Waals surface area contributed by atoms with Crippen LogP contribution in [0.4, 0.5) is 0 Å². The Kier molecular flexibility index (Phi) is 8.70. The molecule has 0 radical (unpaired) electrons. The molecule has 1 fully saturated rings. The maximum Gasteiger partial charge on any atom is 0.414 e. The monoisotopic (exact) mass is 305 g/mol. The third-order valence-electron chi connectivity index (χ3n) is 2.47. The van der Waals surface area contributed by atoms with Crippen molar-refractivity contribution in [3.05, 3.63) is 0 Å². The molecular formula is C12H19NO8. The smallest absolute Gasteiger partial charge is 0.414 e. The van der Waals surface area contributed by atoms with Gasteiger partial charge < -0.3 is 19.7 Å². The molecule has 0 spiro atoms.